The number of hydrogen-bond donors (Lipinski definition) is 2. The molecule has 0 amide bonds. The minimum Gasteiger partial charge on any atom is -0.409 e. The Hall–Kier alpha value is -1.55. The van der Waals surface area contributed by atoms with Gasteiger partial charge in [-0.05, 0) is 32.0 Å². The second kappa shape index (κ2) is 6.85. The normalized spacial score (nSPS) is 12.0. The van der Waals surface area contributed by atoms with Crippen molar-refractivity contribution in [3.05, 3.63) is 35.9 Å². The van der Waals surface area contributed by atoms with Crippen LogP contribution in [0.2, 0.25) is 0 Å². The van der Waals surface area contributed by atoms with E-state index in [1.807, 2.05) is 18.0 Å². The highest BCUT2D eigenvalue weighted by atomic mass is 16.4. The molecule has 1 aromatic rings. The van der Waals surface area contributed by atoms with Crippen LogP contribution >= 0.6 is 0 Å². The summed E-state index contributed by atoms with van der Waals surface area (Å²) < 4.78 is 0. The summed E-state index contributed by atoms with van der Waals surface area (Å²) in [4.78, 5) is 2.04. The summed E-state index contributed by atoms with van der Waals surface area (Å²) >= 11 is 0. The molecular formula is C12H19N3O. The summed E-state index contributed by atoms with van der Waals surface area (Å²) in [6.45, 7) is 1.44. The predicted octanol–water partition coefficient (Wildman–Crippen LogP) is 1.30. The molecule has 1 aromatic carbocycles. The largest absolute Gasteiger partial charge is 0.409 e. The Kier molecular flexibility index (Phi) is 5.36. The van der Waals surface area contributed by atoms with E-state index in [9.17, 15) is 0 Å². The van der Waals surface area contributed by atoms with Gasteiger partial charge in [0.1, 0.15) is 0 Å². The fraction of sp³-hybridized carbons (Fsp3) is 0.417. The molecule has 0 radical (unpaired) electrons. The van der Waals surface area contributed by atoms with Crippen LogP contribution < -0.4 is 5.73 Å². The first-order valence-electron chi connectivity index (χ1n) is 5.41. The maximum Gasteiger partial charge on any atom is 0.153 e. The van der Waals surface area contributed by atoms with Crippen LogP contribution in [0.5, 0.6) is 0 Å². The van der Waals surface area contributed by atoms with Crippen LogP contribution in [0.4, 0.5) is 0 Å². The van der Waals surface area contributed by atoms with Crippen LogP contribution in [0.3, 0.4) is 0 Å². The van der Waals surface area contributed by atoms with Crippen LogP contribution in [0, 0.1) is 0 Å². The minimum atomic E-state index is 0.252. The Balaban J connectivity index is 2.21. The molecule has 0 saturated heterocycles. The quantitative estimate of drug-likeness (QED) is 0.329. The maximum atomic E-state index is 8.42. The number of hydrogen-bond acceptors (Lipinski definition) is 3. The Labute approximate surface area is 96.4 Å². The lowest BCUT2D eigenvalue weighted by Crippen LogP contribution is -2.31. The van der Waals surface area contributed by atoms with Gasteiger partial charge >= 0.3 is 0 Å². The molecule has 0 bridgehead atoms. The first-order chi connectivity index (χ1) is 7.72. The minimum absolute atomic E-state index is 0.252. The summed E-state index contributed by atoms with van der Waals surface area (Å²) in [5.41, 5.74) is 6.76. The van der Waals surface area contributed by atoms with Crippen molar-refractivity contribution in [2.75, 3.05) is 20.1 Å². The van der Waals surface area contributed by atoms with E-state index in [4.69, 9.17) is 10.9 Å². The first-order valence-corrected chi connectivity index (χ1v) is 5.41. The second-order valence-corrected chi connectivity index (χ2v) is 3.92. The van der Waals surface area contributed by atoms with Crippen molar-refractivity contribution < 1.29 is 5.21 Å². The molecule has 16 heavy (non-hydrogen) atoms. The molecule has 4 heteroatoms. The smallest absolute Gasteiger partial charge is 0.153 e. The fourth-order valence-electron chi connectivity index (χ4n) is 1.59. The van der Waals surface area contributed by atoms with Gasteiger partial charge in [0.15, 0.2) is 5.84 Å². The van der Waals surface area contributed by atoms with E-state index in [0.717, 1.165) is 19.4 Å². The highest BCUT2D eigenvalue weighted by Crippen LogP contribution is 2.02. The molecule has 88 valence electrons. The summed E-state index contributed by atoms with van der Waals surface area (Å²) in [5.74, 6) is 0.252. The Morgan fingerprint density at radius 1 is 1.38 bits per heavy atom. The topological polar surface area (TPSA) is 61.8 Å². The molecule has 0 fully saturated rings. The second-order valence-electron chi connectivity index (χ2n) is 3.92. The first kappa shape index (κ1) is 12.5. The van der Waals surface area contributed by atoms with Crippen molar-refractivity contribution in [2.45, 2.75) is 12.8 Å². The molecule has 0 aliphatic carbocycles. The number of amidine groups is 1. The molecule has 0 spiro atoms. The zero-order valence-corrected chi connectivity index (χ0v) is 9.63. The monoisotopic (exact) mass is 221 g/mol. The molecule has 1 rings (SSSR count). The number of rotatable bonds is 6. The van der Waals surface area contributed by atoms with Crippen molar-refractivity contribution in [1.82, 2.24) is 4.90 Å². The van der Waals surface area contributed by atoms with Crippen molar-refractivity contribution in [3.8, 4) is 0 Å². The molecule has 0 atom stereocenters. The van der Waals surface area contributed by atoms with Crippen molar-refractivity contribution in [2.24, 2.45) is 10.9 Å². The summed E-state index contributed by atoms with van der Waals surface area (Å²) in [5, 5.41) is 11.4. The maximum absolute atomic E-state index is 8.42. The highest BCUT2D eigenvalue weighted by molar-refractivity contribution is 5.81. The van der Waals surface area contributed by atoms with Crippen LogP contribution in [-0.2, 0) is 6.42 Å². The summed E-state index contributed by atoms with van der Waals surface area (Å²) in [6, 6.07) is 10.4. The van der Waals surface area contributed by atoms with E-state index in [-0.39, 0.29) is 5.84 Å². The Morgan fingerprint density at radius 2 is 2.06 bits per heavy atom. The van der Waals surface area contributed by atoms with Crippen molar-refractivity contribution in [3.63, 3.8) is 0 Å². The fourth-order valence-corrected chi connectivity index (χ4v) is 1.59. The SMILES string of the molecule is CN(CCCc1ccccc1)C/C(N)=N/O. The molecule has 0 aromatic heterocycles. The third kappa shape index (κ3) is 4.79. The standard InChI is InChI=1S/C12H19N3O/c1-15(10-12(13)14-16)9-5-8-11-6-3-2-4-7-11/h2-4,6-7,16H,5,8-10H2,1H3,(H2,13,14). The van der Waals surface area contributed by atoms with Gasteiger partial charge in [0.25, 0.3) is 0 Å². The average molecular weight is 221 g/mol. The predicted molar refractivity (Wildman–Crippen MR) is 65.7 cm³/mol. The van der Waals surface area contributed by atoms with Gasteiger partial charge in [-0.3, -0.25) is 4.90 Å². The van der Waals surface area contributed by atoms with E-state index >= 15 is 0 Å². The zero-order valence-electron chi connectivity index (χ0n) is 9.63. The van der Waals surface area contributed by atoms with Crippen LogP contribution in [-0.4, -0.2) is 36.1 Å². The molecular weight excluding hydrogens is 202 g/mol. The van der Waals surface area contributed by atoms with E-state index in [0.29, 0.717) is 6.54 Å². The van der Waals surface area contributed by atoms with Gasteiger partial charge in [-0.1, -0.05) is 35.5 Å². The highest BCUT2D eigenvalue weighted by Gasteiger charge is 2.01. The lowest BCUT2D eigenvalue weighted by Gasteiger charge is -2.15. The molecule has 0 saturated carbocycles. The molecule has 3 N–H and O–H groups in total. The van der Waals surface area contributed by atoms with Crippen LogP contribution in [0.15, 0.2) is 35.5 Å². The molecule has 0 heterocycles. The van der Waals surface area contributed by atoms with Gasteiger partial charge in [0.2, 0.25) is 0 Å². The van der Waals surface area contributed by atoms with E-state index in [1.165, 1.54) is 5.56 Å². The molecule has 0 aliphatic rings. The number of oxime groups is 1. The molecule has 0 aliphatic heterocycles. The summed E-state index contributed by atoms with van der Waals surface area (Å²) in [6.07, 6.45) is 2.13. The number of nitrogens with zero attached hydrogens (tertiary/aromatic N) is 2. The van der Waals surface area contributed by atoms with E-state index in [2.05, 4.69) is 29.4 Å². The van der Waals surface area contributed by atoms with Gasteiger partial charge in [-0.2, -0.15) is 0 Å². The van der Waals surface area contributed by atoms with Gasteiger partial charge in [0.05, 0.1) is 6.54 Å². The zero-order chi connectivity index (χ0) is 11.8. The van der Waals surface area contributed by atoms with Crippen LogP contribution in [0.1, 0.15) is 12.0 Å². The van der Waals surface area contributed by atoms with Crippen molar-refractivity contribution >= 4 is 5.84 Å². The number of likely N-dealkylation sites (N-methyl/N-ethyl adjacent to an activating group) is 1. The summed E-state index contributed by atoms with van der Waals surface area (Å²) in [7, 11) is 1.96. The Bertz CT molecular complexity index is 324. The number of benzene rings is 1. The molecule has 0 unspecified atom stereocenters. The number of aryl methyl sites for hydroxylation is 1. The molecule has 4 nitrogen and oxygen atoms in total. The van der Waals surface area contributed by atoms with E-state index in [1.54, 1.807) is 0 Å². The number of nitrogens with two attached hydrogens (primary N) is 1. The van der Waals surface area contributed by atoms with Gasteiger partial charge < -0.3 is 10.9 Å². The van der Waals surface area contributed by atoms with Gasteiger partial charge in [-0.15, -0.1) is 0 Å². The lowest BCUT2D eigenvalue weighted by atomic mass is 10.1. The third-order valence-corrected chi connectivity index (χ3v) is 2.41. The van der Waals surface area contributed by atoms with Gasteiger partial charge in [0, 0.05) is 0 Å². The average Bonchev–Trinajstić information content (AvgIpc) is 2.30. The Morgan fingerprint density at radius 3 is 2.69 bits per heavy atom. The van der Waals surface area contributed by atoms with Crippen molar-refractivity contribution in [1.29, 1.82) is 0 Å². The van der Waals surface area contributed by atoms with E-state index < -0.39 is 0 Å². The van der Waals surface area contributed by atoms with Gasteiger partial charge in [-0.25, -0.2) is 0 Å². The third-order valence-electron chi connectivity index (χ3n) is 2.41. The lowest BCUT2D eigenvalue weighted by molar-refractivity contribution is 0.309. The van der Waals surface area contributed by atoms with Crippen LogP contribution in [0.25, 0.3) is 0 Å².